The summed E-state index contributed by atoms with van der Waals surface area (Å²) in [5.74, 6) is 0.107. The summed E-state index contributed by atoms with van der Waals surface area (Å²) < 4.78 is 4.96. The molecule has 0 aliphatic carbocycles. The van der Waals surface area contributed by atoms with Gasteiger partial charge in [0.1, 0.15) is 0 Å². The zero-order valence-electron chi connectivity index (χ0n) is 12.6. The summed E-state index contributed by atoms with van der Waals surface area (Å²) in [6.07, 6.45) is 3.46. The van der Waals surface area contributed by atoms with Crippen LogP contribution in [-0.4, -0.2) is 62.8 Å². The van der Waals surface area contributed by atoms with Gasteiger partial charge in [0, 0.05) is 26.2 Å². The van der Waals surface area contributed by atoms with E-state index >= 15 is 0 Å². The average Bonchev–Trinajstić information content (AvgIpc) is 2.45. The van der Waals surface area contributed by atoms with Crippen LogP contribution in [0.3, 0.4) is 0 Å². The molecular weight excluding hydrogens is 242 g/mol. The van der Waals surface area contributed by atoms with Crippen molar-refractivity contribution in [3.8, 4) is 0 Å². The molecule has 19 heavy (non-hydrogen) atoms. The number of ether oxygens (including phenoxy) is 1. The molecule has 1 aliphatic heterocycles. The summed E-state index contributed by atoms with van der Waals surface area (Å²) in [4.78, 5) is 14.5. The van der Waals surface area contributed by atoms with Crippen molar-refractivity contribution in [1.29, 1.82) is 0 Å². The number of carbonyl (C=O) groups is 1. The number of methoxy groups -OCH3 is 1. The number of carbonyl (C=O) groups excluding carboxylic acids is 1. The summed E-state index contributed by atoms with van der Waals surface area (Å²) in [6, 6.07) is 0.415. The Balaban J connectivity index is 2.50. The Hall–Kier alpha value is -0.650. The number of rotatable bonds is 8. The van der Waals surface area contributed by atoms with E-state index in [0.717, 1.165) is 26.1 Å². The molecule has 2 N–H and O–H groups in total. The molecule has 1 amide bonds. The summed E-state index contributed by atoms with van der Waals surface area (Å²) in [6.45, 7) is 8.40. The monoisotopic (exact) mass is 271 g/mol. The first-order valence-corrected chi connectivity index (χ1v) is 7.43. The van der Waals surface area contributed by atoms with Gasteiger partial charge >= 0.3 is 0 Å². The van der Waals surface area contributed by atoms with E-state index in [1.54, 1.807) is 7.11 Å². The van der Waals surface area contributed by atoms with Gasteiger partial charge in [0.05, 0.1) is 12.6 Å². The van der Waals surface area contributed by atoms with Gasteiger partial charge in [-0.25, -0.2) is 0 Å². The van der Waals surface area contributed by atoms with Crippen LogP contribution in [0.2, 0.25) is 0 Å². The van der Waals surface area contributed by atoms with Crippen LogP contribution >= 0.6 is 0 Å². The molecule has 0 aromatic heterocycles. The van der Waals surface area contributed by atoms with E-state index in [0.29, 0.717) is 19.2 Å². The maximum absolute atomic E-state index is 12.1. The highest BCUT2D eigenvalue weighted by Crippen LogP contribution is 2.14. The molecule has 5 nitrogen and oxygen atoms in total. The summed E-state index contributed by atoms with van der Waals surface area (Å²) in [5, 5.41) is 6.36. The van der Waals surface area contributed by atoms with E-state index in [-0.39, 0.29) is 11.9 Å². The van der Waals surface area contributed by atoms with E-state index in [1.807, 2.05) is 6.92 Å². The van der Waals surface area contributed by atoms with E-state index in [4.69, 9.17) is 4.74 Å². The molecule has 1 aliphatic rings. The van der Waals surface area contributed by atoms with Crippen molar-refractivity contribution in [3.63, 3.8) is 0 Å². The van der Waals surface area contributed by atoms with Gasteiger partial charge in [-0.15, -0.1) is 0 Å². The normalized spacial score (nSPS) is 21.4. The highest BCUT2D eigenvalue weighted by molar-refractivity contribution is 5.81. The van der Waals surface area contributed by atoms with Gasteiger partial charge in [0.25, 0.3) is 0 Å². The molecule has 1 saturated heterocycles. The standard InChI is InChI=1S/C14H29N3O2/c1-4-9-17(13-6-5-7-15-11-13)12(2)14(18)16-8-10-19-3/h12-13,15H,4-11H2,1-3H3,(H,16,18). The fourth-order valence-electron chi connectivity index (χ4n) is 2.64. The maximum atomic E-state index is 12.1. The van der Waals surface area contributed by atoms with Crippen molar-refractivity contribution in [3.05, 3.63) is 0 Å². The lowest BCUT2D eigenvalue weighted by Gasteiger charge is -2.38. The molecule has 0 aromatic carbocycles. The summed E-state index contributed by atoms with van der Waals surface area (Å²) in [7, 11) is 1.65. The van der Waals surface area contributed by atoms with E-state index in [9.17, 15) is 4.79 Å². The number of nitrogens with zero attached hydrogens (tertiary/aromatic N) is 1. The third-order valence-electron chi connectivity index (χ3n) is 3.70. The lowest BCUT2D eigenvalue weighted by molar-refractivity contribution is -0.127. The molecular formula is C14H29N3O2. The van der Waals surface area contributed by atoms with Crippen LogP contribution in [0.15, 0.2) is 0 Å². The molecule has 0 radical (unpaired) electrons. The molecule has 2 atom stereocenters. The van der Waals surface area contributed by atoms with E-state index in [2.05, 4.69) is 22.5 Å². The topological polar surface area (TPSA) is 53.6 Å². The predicted molar refractivity (Wildman–Crippen MR) is 77.2 cm³/mol. The van der Waals surface area contributed by atoms with Crippen LogP contribution in [0.25, 0.3) is 0 Å². The van der Waals surface area contributed by atoms with Crippen molar-refractivity contribution >= 4 is 5.91 Å². The zero-order valence-corrected chi connectivity index (χ0v) is 12.6. The lowest BCUT2D eigenvalue weighted by atomic mass is 10.0. The van der Waals surface area contributed by atoms with Gasteiger partial charge in [0.15, 0.2) is 0 Å². The van der Waals surface area contributed by atoms with Crippen molar-refractivity contribution < 1.29 is 9.53 Å². The third kappa shape index (κ3) is 5.47. The minimum atomic E-state index is -0.0679. The Labute approximate surface area is 117 Å². The zero-order chi connectivity index (χ0) is 14.1. The SMILES string of the molecule is CCCN(C1CCCNC1)C(C)C(=O)NCCOC. The molecule has 1 rings (SSSR count). The number of nitrogens with one attached hydrogen (secondary N) is 2. The molecule has 5 heteroatoms. The Kier molecular flexibility index (Phi) is 8.02. The van der Waals surface area contributed by atoms with Crippen molar-refractivity contribution in [2.45, 2.75) is 45.2 Å². The smallest absolute Gasteiger partial charge is 0.237 e. The Morgan fingerprint density at radius 2 is 2.37 bits per heavy atom. The lowest BCUT2D eigenvalue weighted by Crippen LogP contribution is -2.54. The number of hydrogen-bond donors (Lipinski definition) is 2. The first-order chi connectivity index (χ1) is 9.20. The molecule has 0 saturated carbocycles. The first-order valence-electron chi connectivity index (χ1n) is 7.43. The molecule has 1 heterocycles. The minimum Gasteiger partial charge on any atom is -0.383 e. The van der Waals surface area contributed by atoms with Gasteiger partial charge in [-0.05, 0) is 39.3 Å². The Morgan fingerprint density at radius 3 is 2.95 bits per heavy atom. The fourth-order valence-corrected chi connectivity index (χ4v) is 2.64. The van der Waals surface area contributed by atoms with Gasteiger partial charge in [-0.1, -0.05) is 6.92 Å². The fraction of sp³-hybridized carbons (Fsp3) is 0.929. The molecule has 0 bridgehead atoms. The van der Waals surface area contributed by atoms with E-state index < -0.39 is 0 Å². The van der Waals surface area contributed by atoms with Crippen molar-refractivity contribution in [2.24, 2.45) is 0 Å². The average molecular weight is 271 g/mol. The highest BCUT2D eigenvalue weighted by atomic mass is 16.5. The summed E-state index contributed by atoms with van der Waals surface area (Å²) >= 11 is 0. The maximum Gasteiger partial charge on any atom is 0.237 e. The molecule has 2 unspecified atom stereocenters. The summed E-state index contributed by atoms with van der Waals surface area (Å²) in [5.41, 5.74) is 0. The minimum absolute atomic E-state index is 0.0679. The van der Waals surface area contributed by atoms with Crippen LogP contribution in [0.4, 0.5) is 0 Å². The van der Waals surface area contributed by atoms with Crippen molar-refractivity contribution in [1.82, 2.24) is 15.5 Å². The molecule has 0 aromatic rings. The Bertz CT molecular complexity index is 255. The van der Waals surface area contributed by atoms with Crippen LogP contribution < -0.4 is 10.6 Å². The van der Waals surface area contributed by atoms with Crippen LogP contribution in [0, 0.1) is 0 Å². The highest BCUT2D eigenvalue weighted by Gasteiger charge is 2.28. The largest absolute Gasteiger partial charge is 0.383 e. The number of piperidine rings is 1. The molecule has 0 spiro atoms. The predicted octanol–water partition coefficient (Wildman–Crippen LogP) is 0.602. The van der Waals surface area contributed by atoms with E-state index in [1.165, 1.54) is 12.8 Å². The number of amides is 1. The number of hydrogen-bond acceptors (Lipinski definition) is 4. The third-order valence-corrected chi connectivity index (χ3v) is 3.70. The molecule has 112 valence electrons. The second kappa shape index (κ2) is 9.28. The Morgan fingerprint density at radius 1 is 1.58 bits per heavy atom. The van der Waals surface area contributed by atoms with Crippen LogP contribution in [0.1, 0.15) is 33.1 Å². The quantitative estimate of drug-likeness (QED) is 0.635. The second-order valence-electron chi connectivity index (χ2n) is 5.20. The van der Waals surface area contributed by atoms with Gasteiger partial charge in [-0.3, -0.25) is 9.69 Å². The second-order valence-corrected chi connectivity index (χ2v) is 5.20. The molecule has 1 fully saturated rings. The first kappa shape index (κ1) is 16.4. The van der Waals surface area contributed by atoms with Crippen molar-refractivity contribution in [2.75, 3.05) is 39.9 Å². The van der Waals surface area contributed by atoms with Gasteiger partial charge in [-0.2, -0.15) is 0 Å². The van der Waals surface area contributed by atoms with Gasteiger partial charge in [0.2, 0.25) is 5.91 Å². The van der Waals surface area contributed by atoms with Crippen LogP contribution in [-0.2, 0) is 9.53 Å². The van der Waals surface area contributed by atoms with Crippen LogP contribution in [0.5, 0.6) is 0 Å². The van der Waals surface area contributed by atoms with Gasteiger partial charge < -0.3 is 15.4 Å².